The topological polar surface area (TPSA) is 63.3 Å². The van der Waals surface area contributed by atoms with Crippen LogP contribution in [0.15, 0.2) is 18.2 Å². The van der Waals surface area contributed by atoms with Gasteiger partial charge in [0.25, 0.3) is 0 Å². The summed E-state index contributed by atoms with van der Waals surface area (Å²) in [5, 5.41) is 8.57. The number of carboxylic acid groups (broad SMARTS) is 1. The summed E-state index contributed by atoms with van der Waals surface area (Å²) in [4.78, 5) is 10.5. The Bertz CT molecular complexity index is 368. The largest absolute Gasteiger partial charge is 0.481 e. The number of carbonyl (C=O) groups is 1. The Hall–Kier alpha value is -1.49. The molecule has 0 amide bonds. The fraction of sp³-hybridized carbons (Fsp3) is 0.300. The van der Waals surface area contributed by atoms with Crippen molar-refractivity contribution in [2.45, 2.75) is 12.3 Å². The standard InChI is InChI=1S/C10H11F2NO2/c11-7-1-2-8(9(12)4-7)6(5-13)3-10(14)15/h1-2,4,6H,3,5,13H2,(H,14,15)/t6-/m0/s1. The smallest absolute Gasteiger partial charge is 0.304 e. The number of aliphatic carboxylic acids is 1. The molecule has 82 valence electrons. The Morgan fingerprint density at radius 2 is 2.13 bits per heavy atom. The lowest BCUT2D eigenvalue weighted by Crippen LogP contribution is -2.17. The second kappa shape index (κ2) is 4.84. The summed E-state index contributed by atoms with van der Waals surface area (Å²) in [5.74, 6) is -3.13. The SMILES string of the molecule is NC[C@H](CC(=O)O)c1ccc(F)cc1F. The maximum atomic E-state index is 13.2. The number of rotatable bonds is 4. The predicted octanol–water partition coefficient (Wildman–Crippen LogP) is 1.48. The number of carboxylic acids is 1. The number of hydrogen-bond donors (Lipinski definition) is 2. The van der Waals surface area contributed by atoms with Crippen LogP contribution in [-0.2, 0) is 4.79 Å². The first-order valence-corrected chi connectivity index (χ1v) is 4.41. The Morgan fingerprint density at radius 1 is 1.47 bits per heavy atom. The van der Waals surface area contributed by atoms with Gasteiger partial charge in [0, 0.05) is 12.0 Å². The molecule has 0 unspecified atom stereocenters. The van der Waals surface area contributed by atoms with Crippen LogP contribution in [0.3, 0.4) is 0 Å². The van der Waals surface area contributed by atoms with Gasteiger partial charge in [-0.2, -0.15) is 0 Å². The lowest BCUT2D eigenvalue weighted by atomic mass is 9.95. The molecule has 0 aliphatic heterocycles. The molecule has 5 heteroatoms. The maximum Gasteiger partial charge on any atom is 0.304 e. The van der Waals surface area contributed by atoms with Crippen molar-refractivity contribution < 1.29 is 18.7 Å². The lowest BCUT2D eigenvalue weighted by Gasteiger charge is -2.13. The number of nitrogens with two attached hydrogens (primary N) is 1. The summed E-state index contributed by atoms with van der Waals surface area (Å²) in [6, 6.07) is 3.04. The van der Waals surface area contributed by atoms with Crippen molar-refractivity contribution in [3.63, 3.8) is 0 Å². The molecule has 15 heavy (non-hydrogen) atoms. The number of benzene rings is 1. The van der Waals surface area contributed by atoms with Crippen LogP contribution in [0.25, 0.3) is 0 Å². The summed E-state index contributed by atoms with van der Waals surface area (Å²) in [6.07, 6.45) is -0.265. The molecular formula is C10H11F2NO2. The first kappa shape index (κ1) is 11.6. The lowest BCUT2D eigenvalue weighted by molar-refractivity contribution is -0.137. The average molecular weight is 215 g/mol. The van der Waals surface area contributed by atoms with Crippen molar-refractivity contribution in [1.82, 2.24) is 0 Å². The zero-order valence-electron chi connectivity index (χ0n) is 7.91. The average Bonchev–Trinajstić information content (AvgIpc) is 2.14. The molecule has 0 aromatic heterocycles. The second-order valence-electron chi connectivity index (χ2n) is 3.20. The summed E-state index contributed by atoms with van der Waals surface area (Å²) in [7, 11) is 0. The highest BCUT2D eigenvalue weighted by molar-refractivity contribution is 5.68. The molecule has 1 aromatic rings. The summed E-state index contributed by atoms with van der Waals surface area (Å²) in [6.45, 7) is 0.00878. The summed E-state index contributed by atoms with van der Waals surface area (Å²) in [5.41, 5.74) is 5.48. The van der Waals surface area contributed by atoms with Gasteiger partial charge in [-0.25, -0.2) is 8.78 Å². The van der Waals surface area contributed by atoms with Gasteiger partial charge in [0.15, 0.2) is 0 Å². The maximum absolute atomic E-state index is 13.2. The Morgan fingerprint density at radius 3 is 2.60 bits per heavy atom. The van der Waals surface area contributed by atoms with E-state index in [4.69, 9.17) is 10.8 Å². The van der Waals surface area contributed by atoms with Crippen molar-refractivity contribution in [3.05, 3.63) is 35.4 Å². The molecule has 0 aliphatic carbocycles. The van der Waals surface area contributed by atoms with Crippen LogP contribution in [0.5, 0.6) is 0 Å². The van der Waals surface area contributed by atoms with Crippen molar-refractivity contribution >= 4 is 5.97 Å². The molecule has 0 fully saturated rings. The van der Waals surface area contributed by atoms with Crippen molar-refractivity contribution in [1.29, 1.82) is 0 Å². The van der Waals surface area contributed by atoms with Crippen LogP contribution < -0.4 is 5.73 Å². The third-order valence-corrected chi connectivity index (χ3v) is 2.11. The Balaban J connectivity index is 2.96. The van der Waals surface area contributed by atoms with E-state index in [2.05, 4.69) is 0 Å². The van der Waals surface area contributed by atoms with E-state index in [1.54, 1.807) is 0 Å². The Labute approximate surface area is 85.5 Å². The van der Waals surface area contributed by atoms with E-state index in [1.807, 2.05) is 0 Å². The first-order valence-electron chi connectivity index (χ1n) is 4.41. The van der Waals surface area contributed by atoms with Crippen molar-refractivity contribution in [3.8, 4) is 0 Å². The van der Waals surface area contributed by atoms with Crippen LogP contribution >= 0.6 is 0 Å². The Kier molecular flexibility index (Phi) is 3.74. The van der Waals surface area contributed by atoms with E-state index in [1.165, 1.54) is 6.07 Å². The van der Waals surface area contributed by atoms with E-state index in [0.29, 0.717) is 0 Å². The molecule has 1 aromatic carbocycles. The van der Waals surface area contributed by atoms with Crippen LogP contribution in [0.2, 0.25) is 0 Å². The van der Waals surface area contributed by atoms with E-state index >= 15 is 0 Å². The minimum absolute atomic E-state index is 0.00878. The molecule has 1 rings (SSSR count). The molecule has 0 spiro atoms. The number of hydrogen-bond acceptors (Lipinski definition) is 2. The second-order valence-corrected chi connectivity index (χ2v) is 3.20. The molecule has 0 heterocycles. The van der Waals surface area contributed by atoms with Gasteiger partial charge in [0.2, 0.25) is 0 Å². The van der Waals surface area contributed by atoms with Gasteiger partial charge in [-0.3, -0.25) is 4.79 Å². The normalized spacial score (nSPS) is 12.5. The van der Waals surface area contributed by atoms with Crippen LogP contribution in [0.4, 0.5) is 8.78 Å². The quantitative estimate of drug-likeness (QED) is 0.799. The zero-order valence-corrected chi connectivity index (χ0v) is 7.91. The van der Waals surface area contributed by atoms with E-state index in [9.17, 15) is 13.6 Å². The predicted molar refractivity (Wildman–Crippen MR) is 50.4 cm³/mol. The molecule has 0 bridgehead atoms. The monoisotopic (exact) mass is 215 g/mol. The van der Waals surface area contributed by atoms with E-state index < -0.39 is 23.5 Å². The summed E-state index contributed by atoms with van der Waals surface area (Å²) >= 11 is 0. The molecule has 0 saturated heterocycles. The van der Waals surface area contributed by atoms with Gasteiger partial charge < -0.3 is 10.8 Å². The molecule has 3 nitrogen and oxygen atoms in total. The minimum Gasteiger partial charge on any atom is -0.481 e. The van der Waals surface area contributed by atoms with Crippen LogP contribution in [0, 0.1) is 11.6 Å². The van der Waals surface area contributed by atoms with Gasteiger partial charge in [0.05, 0.1) is 6.42 Å². The zero-order chi connectivity index (χ0) is 11.4. The van der Waals surface area contributed by atoms with Gasteiger partial charge in [-0.15, -0.1) is 0 Å². The molecule has 0 saturated carbocycles. The molecule has 0 aliphatic rings. The summed E-state index contributed by atoms with van der Waals surface area (Å²) < 4.78 is 25.8. The third kappa shape index (κ3) is 2.99. The van der Waals surface area contributed by atoms with Gasteiger partial charge in [-0.05, 0) is 18.2 Å². The van der Waals surface area contributed by atoms with E-state index in [-0.39, 0.29) is 18.5 Å². The van der Waals surface area contributed by atoms with Gasteiger partial charge >= 0.3 is 5.97 Å². The fourth-order valence-corrected chi connectivity index (χ4v) is 1.36. The highest BCUT2D eigenvalue weighted by atomic mass is 19.1. The first-order chi connectivity index (χ1) is 7.04. The van der Waals surface area contributed by atoms with Gasteiger partial charge in [0.1, 0.15) is 11.6 Å². The van der Waals surface area contributed by atoms with Crippen molar-refractivity contribution in [2.24, 2.45) is 5.73 Å². The molecule has 0 radical (unpaired) electrons. The van der Waals surface area contributed by atoms with Crippen LogP contribution in [0.1, 0.15) is 17.9 Å². The number of halogens is 2. The van der Waals surface area contributed by atoms with E-state index in [0.717, 1.165) is 12.1 Å². The molecular weight excluding hydrogens is 204 g/mol. The van der Waals surface area contributed by atoms with Crippen molar-refractivity contribution in [2.75, 3.05) is 6.54 Å². The highest BCUT2D eigenvalue weighted by Gasteiger charge is 2.17. The molecule has 3 N–H and O–H groups in total. The van der Waals surface area contributed by atoms with Gasteiger partial charge in [-0.1, -0.05) is 6.07 Å². The highest BCUT2D eigenvalue weighted by Crippen LogP contribution is 2.22. The fourth-order valence-electron chi connectivity index (χ4n) is 1.36. The van der Waals surface area contributed by atoms with Crippen LogP contribution in [-0.4, -0.2) is 17.6 Å². The minimum atomic E-state index is -1.06. The molecule has 1 atom stereocenters. The third-order valence-electron chi connectivity index (χ3n) is 2.11.